The number of hydrogen-bond acceptors (Lipinski definition) is 4. The molecule has 0 aliphatic rings. The van der Waals surface area contributed by atoms with Crippen molar-refractivity contribution in [2.24, 2.45) is 0 Å². The van der Waals surface area contributed by atoms with E-state index in [4.69, 9.17) is 0 Å². The van der Waals surface area contributed by atoms with Crippen molar-refractivity contribution in [3.8, 4) is 0 Å². The highest BCUT2D eigenvalue weighted by molar-refractivity contribution is 8.76. The van der Waals surface area contributed by atoms with Crippen LogP contribution in [0.15, 0.2) is 0 Å². The van der Waals surface area contributed by atoms with E-state index >= 15 is 0 Å². The lowest BCUT2D eigenvalue weighted by molar-refractivity contribution is 0.777. The van der Waals surface area contributed by atoms with Crippen molar-refractivity contribution in [3.05, 3.63) is 0 Å². The molecule has 0 unspecified atom stereocenters. The Morgan fingerprint density at radius 3 is 1.58 bits per heavy atom. The summed E-state index contributed by atoms with van der Waals surface area (Å²) >= 11 is 0. The van der Waals surface area contributed by atoms with E-state index in [0.29, 0.717) is 0 Å². The van der Waals surface area contributed by atoms with Gasteiger partial charge in [-0.25, -0.2) is 0 Å². The van der Waals surface area contributed by atoms with Crippen molar-refractivity contribution < 1.29 is 0 Å². The maximum atomic E-state index is 3.15. The normalized spacial score (nSPS) is 10.5. The van der Waals surface area contributed by atoms with Crippen LogP contribution in [0.5, 0.6) is 0 Å². The molecule has 4 heteroatoms. The third kappa shape index (κ3) is 10.6. The molecule has 0 aliphatic carbocycles. The quantitative estimate of drug-likeness (QED) is 0.444. The van der Waals surface area contributed by atoms with Crippen molar-refractivity contribution >= 4 is 21.6 Å². The predicted octanol–water partition coefficient (Wildman–Crippen LogP) is 1.59. The van der Waals surface area contributed by atoms with Crippen LogP contribution >= 0.6 is 21.6 Å². The lowest BCUT2D eigenvalue weighted by Gasteiger charge is -2.00. The maximum Gasteiger partial charge on any atom is 0.00490 e. The van der Waals surface area contributed by atoms with Gasteiger partial charge in [0.25, 0.3) is 0 Å². The minimum atomic E-state index is 1.14. The Hall–Kier alpha value is 0.620. The molecule has 0 saturated heterocycles. The molecule has 0 aromatic heterocycles. The summed E-state index contributed by atoms with van der Waals surface area (Å²) in [5.74, 6) is 2.54. The fraction of sp³-hybridized carbons (Fsp3) is 1.00. The second-order valence-corrected chi connectivity index (χ2v) is 5.26. The van der Waals surface area contributed by atoms with Gasteiger partial charge < -0.3 is 10.6 Å². The van der Waals surface area contributed by atoms with Gasteiger partial charge in [-0.3, -0.25) is 0 Å². The molecule has 0 aromatic rings. The number of nitrogens with one attached hydrogen (secondary N) is 2. The van der Waals surface area contributed by atoms with E-state index in [0.717, 1.165) is 13.1 Å². The summed E-state index contributed by atoms with van der Waals surface area (Å²) in [7, 11) is 7.99. The molecule has 0 radical (unpaired) electrons. The first-order valence-corrected chi connectivity index (χ1v) is 6.94. The van der Waals surface area contributed by atoms with Gasteiger partial charge in [-0.1, -0.05) is 21.6 Å². The fourth-order valence-electron chi connectivity index (χ4n) is 0.734. The average Bonchev–Trinajstić information content (AvgIpc) is 2.10. The highest BCUT2D eigenvalue weighted by Gasteiger charge is 1.90. The van der Waals surface area contributed by atoms with Gasteiger partial charge >= 0.3 is 0 Å². The van der Waals surface area contributed by atoms with Crippen molar-refractivity contribution in [1.29, 1.82) is 0 Å². The third-order valence-corrected chi connectivity index (χ3v) is 3.97. The van der Waals surface area contributed by atoms with Crippen LogP contribution in [0.3, 0.4) is 0 Å². The first-order chi connectivity index (χ1) is 5.91. The van der Waals surface area contributed by atoms with Gasteiger partial charge in [0.2, 0.25) is 0 Å². The van der Waals surface area contributed by atoms with Crippen LogP contribution in [0.4, 0.5) is 0 Å². The second kappa shape index (κ2) is 11.6. The Morgan fingerprint density at radius 2 is 1.25 bits per heavy atom. The molecule has 12 heavy (non-hydrogen) atoms. The van der Waals surface area contributed by atoms with Crippen LogP contribution in [0, 0.1) is 0 Å². The Bertz CT molecular complexity index is 71.5. The topological polar surface area (TPSA) is 24.1 Å². The summed E-state index contributed by atoms with van der Waals surface area (Å²) in [5, 5.41) is 6.29. The zero-order valence-electron chi connectivity index (χ0n) is 8.06. The fourth-order valence-corrected chi connectivity index (χ4v) is 2.91. The van der Waals surface area contributed by atoms with Crippen LogP contribution < -0.4 is 10.6 Å². The molecule has 0 fully saturated rings. The molecular formula is C8H20N2S2. The molecule has 0 bridgehead atoms. The van der Waals surface area contributed by atoms with E-state index in [-0.39, 0.29) is 0 Å². The molecule has 0 saturated carbocycles. The van der Waals surface area contributed by atoms with Crippen molar-refractivity contribution in [1.82, 2.24) is 10.6 Å². The second-order valence-electron chi connectivity index (χ2n) is 2.56. The van der Waals surface area contributed by atoms with Gasteiger partial charge in [-0.2, -0.15) is 0 Å². The molecule has 0 aliphatic heterocycles. The van der Waals surface area contributed by atoms with Gasteiger partial charge in [-0.15, -0.1) is 0 Å². The van der Waals surface area contributed by atoms with E-state index in [1.54, 1.807) is 0 Å². The van der Waals surface area contributed by atoms with Gasteiger partial charge in [0.15, 0.2) is 0 Å². The maximum absolute atomic E-state index is 3.15. The molecule has 0 atom stereocenters. The van der Waals surface area contributed by atoms with Gasteiger partial charge in [0.1, 0.15) is 0 Å². The SMILES string of the molecule is CNCCCSSCCCNC. The minimum absolute atomic E-state index is 1.14. The first-order valence-electron chi connectivity index (χ1n) is 4.45. The zero-order chi connectivity index (χ0) is 9.07. The van der Waals surface area contributed by atoms with E-state index < -0.39 is 0 Å². The van der Waals surface area contributed by atoms with Crippen LogP contribution in [0.1, 0.15) is 12.8 Å². The molecule has 0 rings (SSSR count). The highest BCUT2D eigenvalue weighted by atomic mass is 33.1. The number of rotatable bonds is 9. The van der Waals surface area contributed by atoms with E-state index in [1.807, 2.05) is 35.7 Å². The van der Waals surface area contributed by atoms with Crippen molar-refractivity contribution in [2.45, 2.75) is 12.8 Å². The first kappa shape index (κ1) is 12.6. The zero-order valence-corrected chi connectivity index (χ0v) is 9.69. The minimum Gasteiger partial charge on any atom is -0.320 e. The van der Waals surface area contributed by atoms with Crippen LogP contribution in [0.2, 0.25) is 0 Å². The van der Waals surface area contributed by atoms with Gasteiger partial charge in [0.05, 0.1) is 0 Å². The molecule has 2 nitrogen and oxygen atoms in total. The molecule has 0 spiro atoms. The molecule has 0 amide bonds. The van der Waals surface area contributed by atoms with E-state index in [1.165, 1.54) is 24.3 Å². The number of hydrogen-bond donors (Lipinski definition) is 2. The molecule has 2 N–H and O–H groups in total. The van der Waals surface area contributed by atoms with Crippen LogP contribution in [-0.4, -0.2) is 38.7 Å². The predicted molar refractivity (Wildman–Crippen MR) is 62.0 cm³/mol. The Balaban J connectivity index is 2.73. The molecular weight excluding hydrogens is 188 g/mol. The lowest BCUT2D eigenvalue weighted by atomic mass is 10.5. The Kier molecular flexibility index (Phi) is 12.2. The smallest absolute Gasteiger partial charge is 0.00490 e. The summed E-state index contributed by atoms with van der Waals surface area (Å²) in [6.45, 7) is 2.29. The monoisotopic (exact) mass is 208 g/mol. The summed E-state index contributed by atoms with van der Waals surface area (Å²) in [6, 6.07) is 0. The molecule has 0 heterocycles. The van der Waals surface area contributed by atoms with E-state index in [9.17, 15) is 0 Å². The summed E-state index contributed by atoms with van der Waals surface area (Å²) in [6.07, 6.45) is 2.56. The van der Waals surface area contributed by atoms with E-state index in [2.05, 4.69) is 10.6 Å². The summed E-state index contributed by atoms with van der Waals surface area (Å²) in [5.41, 5.74) is 0. The standard InChI is InChI=1S/C8H20N2S2/c1-9-5-3-7-11-12-8-4-6-10-2/h9-10H,3-8H2,1-2H3. The largest absolute Gasteiger partial charge is 0.320 e. The lowest BCUT2D eigenvalue weighted by Crippen LogP contribution is -2.08. The summed E-state index contributed by atoms with van der Waals surface area (Å²) < 4.78 is 0. The van der Waals surface area contributed by atoms with Crippen molar-refractivity contribution in [2.75, 3.05) is 38.7 Å². The van der Waals surface area contributed by atoms with Crippen molar-refractivity contribution in [3.63, 3.8) is 0 Å². The summed E-state index contributed by atoms with van der Waals surface area (Å²) in [4.78, 5) is 0. The molecule has 74 valence electrons. The van der Waals surface area contributed by atoms with Gasteiger partial charge in [-0.05, 0) is 40.0 Å². The third-order valence-electron chi connectivity index (χ3n) is 1.39. The Labute approximate surface area is 84.0 Å². The highest BCUT2D eigenvalue weighted by Crippen LogP contribution is 2.21. The van der Waals surface area contributed by atoms with Crippen LogP contribution in [-0.2, 0) is 0 Å². The van der Waals surface area contributed by atoms with Gasteiger partial charge in [0, 0.05) is 11.5 Å². The Morgan fingerprint density at radius 1 is 0.833 bits per heavy atom. The molecule has 0 aromatic carbocycles. The average molecular weight is 208 g/mol. The van der Waals surface area contributed by atoms with Crippen LogP contribution in [0.25, 0.3) is 0 Å².